The smallest absolute Gasteiger partial charge is 0.269 e. The molecule has 0 atom stereocenters. The number of aryl methyl sites for hydroxylation is 3. The van der Waals surface area contributed by atoms with Gasteiger partial charge in [-0.1, -0.05) is 13.0 Å². The summed E-state index contributed by atoms with van der Waals surface area (Å²) in [4.78, 5) is 31.5. The summed E-state index contributed by atoms with van der Waals surface area (Å²) in [6.45, 7) is 4.96. The molecule has 0 saturated carbocycles. The Bertz CT molecular complexity index is 1300. The minimum Gasteiger partial charge on any atom is -0.347 e. The molecule has 0 bridgehead atoms. The summed E-state index contributed by atoms with van der Waals surface area (Å²) >= 11 is 0. The van der Waals surface area contributed by atoms with Gasteiger partial charge >= 0.3 is 0 Å². The Hall–Kier alpha value is -3.88. The van der Waals surface area contributed by atoms with Crippen molar-refractivity contribution >= 4 is 17.9 Å². The summed E-state index contributed by atoms with van der Waals surface area (Å²) < 4.78 is 29.3. The van der Waals surface area contributed by atoms with E-state index in [0.29, 0.717) is 31.7 Å². The van der Waals surface area contributed by atoms with Gasteiger partial charge < -0.3 is 10.2 Å². The molecule has 2 amide bonds. The molecule has 0 saturated heterocycles. The van der Waals surface area contributed by atoms with Gasteiger partial charge in [-0.15, -0.1) is 0 Å². The third-order valence-electron chi connectivity index (χ3n) is 6.25. The highest BCUT2D eigenvalue weighted by Crippen LogP contribution is 2.24. The van der Waals surface area contributed by atoms with E-state index in [1.165, 1.54) is 18.2 Å². The number of carbonyl (C=O) groups excluding carboxylic acids is 2. The Morgan fingerprint density at radius 2 is 1.97 bits per heavy atom. The molecule has 2 aromatic heterocycles. The van der Waals surface area contributed by atoms with E-state index >= 15 is 0 Å². The minimum absolute atomic E-state index is 0.213. The van der Waals surface area contributed by atoms with E-state index in [0.717, 1.165) is 46.6 Å². The number of benzene rings is 1. The van der Waals surface area contributed by atoms with E-state index in [9.17, 15) is 18.4 Å². The molecule has 3 heterocycles. The van der Waals surface area contributed by atoms with Crippen molar-refractivity contribution in [2.24, 2.45) is 7.05 Å². The highest BCUT2D eigenvalue weighted by molar-refractivity contribution is 5.93. The molecule has 1 aliphatic heterocycles. The highest BCUT2D eigenvalue weighted by atomic mass is 19.1. The van der Waals surface area contributed by atoms with E-state index in [2.05, 4.69) is 15.4 Å². The van der Waals surface area contributed by atoms with Crippen molar-refractivity contribution in [3.63, 3.8) is 0 Å². The Morgan fingerprint density at radius 1 is 1.23 bits per heavy atom. The highest BCUT2D eigenvalue weighted by Gasteiger charge is 2.23. The van der Waals surface area contributed by atoms with Gasteiger partial charge in [-0.05, 0) is 60.7 Å². The lowest BCUT2D eigenvalue weighted by molar-refractivity contribution is -0.126. The zero-order valence-electron chi connectivity index (χ0n) is 19.9. The first-order valence-electron chi connectivity index (χ1n) is 11.5. The lowest BCUT2D eigenvalue weighted by atomic mass is 9.94. The molecular weight excluding hydrogens is 452 g/mol. The number of hydrogen-bond donors (Lipinski definition) is 1. The van der Waals surface area contributed by atoms with Gasteiger partial charge in [-0.2, -0.15) is 5.10 Å². The van der Waals surface area contributed by atoms with Crippen molar-refractivity contribution in [3.05, 3.63) is 87.5 Å². The van der Waals surface area contributed by atoms with Crippen LogP contribution >= 0.6 is 0 Å². The number of fused-ring (bicyclic) bond motifs is 1. The van der Waals surface area contributed by atoms with Gasteiger partial charge in [0.25, 0.3) is 5.91 Å². The number of carbonyl (C=O) groups is 2. The fraction of sp³-hybridized carbons (Fsp3) is 0.308. The van der Waals surface area contributed by atoms with E-state index < -0.39 is 11.6 Å². The fourth-order valence-electron chi connectivity index (χ4n) is 4.25. The van der Waals surface area contributed by atoms with Crippen molar-refractivity contribution in [3.8, 4) is 0 Å². The summed E-state index contributed by atoms with van der Waals surface area (Å²) in [5.74, 6) is -1.99. The van der Waals surface area contributed by atoms with Crippen LogP contribution < -0.4 is 5.32 Å². The predicted octanol–water partition coefficient (Wildman–Crippen LogP) is 3.49. The molecule has 1 aliphatic rings. The van der Waals surface area contributed by atoms with Crippen LogP contribution in [0.15, 0.2) is 36.5 Å². The number of hydrogen-bond acceptors (Lipinski definition) is 4. The van der Waals surface area contributed by atoms with Crippen LogP contribution in [-0.2, 0) is 37.8 Å². The first-order valence-corrected chi connectivity index (χ1v) is 11.5. The maximum absolute atomic E-state index is 13.8. The van der Waals surface area contributed by atoms with Crippen LogP contribution in [0.5, 0.6) is 0 Å². The minimum atomic E-state index is -0.721. The average Bonchev–Trinajstić information content (AvgIpc) is 3.23. The third-order valence-corrected chi connectivity index (χ3v) is 6.25. The number of nitrogens with zero attached hydrogens (tertiary/aromatic N) is 4. The number of amides is 2. The lowest BCUT2D eigenvalue weighted by Crippen LogP contribution is -2.36. The summed E-state index contributed by atoms with van der Waals surface area (Å²) in [5, 5.41) is 7.29. The maximum Gasteiger partial charge on any atom is 0.269 e. The van der Waals surface area contributed by atoms with Crippen molar-refractivity contribution in [1.82, 2.24) is 25.0 Å². The van der Waals surface area contributed by atoms with E-state index in [1.54, 1.807) is 28.9 Å². The normalized spacial score (nSPS) is 13.2. The summed E-state index contributed by atoms with van der Waals surface area (Å²) in [5.41, 5.74) is 4.80. The van der Waals surface area contributed by atoms with E-state index in [4.69, 9.17) is 0 Å². The van der Waals surface area contributed by atoms with Gasteiger partial charge in [0, 0.05) is 50.2 Å². The molecule has 9 heteroatoms. The van der Waals surface area contributed by atoms with Crippen molar-refractivity contribution < 1.29 is 18.4 Å². The Kier molecular flexibility index (Phi) is 7.04. The first-order chi connectivity index (χ1) is 16.8. The van der Waals surface area contributed by atoms with Crippen LogP contribution in [0.25, 0.3) is 6.08 Å². The largest absolute Gasteiger partial charge is 0.347 e. The molecule has 3 aromatic rings. The molecule has 0 aliphatic carbocycles. The first kappa shape index (κ1) is 24.3. The van der Waals surface area contributed by atoms with E-state index in [-0.39, 0.29) is 17.4 Å². The number of rotatable bonds is 6. The second-order valence-electron chi connectivity index (χ2n) is 8.49. The summed E-state index contributed by atoms with van der Waals surface area (Å²) in [6, 6.07) is 5.36. The number of nitrogens with one attached hydrogen (secondary N) is 1. The Morgan fingerprint density at radius 3 is 2.66 bits per heavy atom. The molecule has 35 heavy (non-hydrogen) atoms. The second kappa shape index (κ2) is 10.2. The molecule has 4 rings (SSSR count). The van der Waals surface area contributed by atoms with Crippen LogP contribution in [0.1, 0.15) is 51.1 Å². The van der Waals surface area contributed by atoms with E-state index in [1.807, 2.05) is 13.8 Å². The van der Waals surface area contributed by atoms with Crippen LogP contribution in [-0.4, -0.2) is 38.0 Å². The van der Waals surface area contributed by atoms with Gasteiger partial charge in [0.2, 0.25) is 5.91 Å². The van der Waals surface area contributed by atoms with Crippen LogP contribution in [0, 0.1) is 18.6 Å². The van der Waals surface area contributed by atoms with Crippen molar-refractivity contribution in [2.75, 3.05) is 6.54 Å². The SMILES string of the molecule is CCc1cc(C(=O)NCc2c(C)ncc3c2CCN(C(=O)C=Cc2c(F)cccc2F)C3)n(C)n1. The third kappa shape index (κ3) is 5.13. The molecule has 0 spiro atoms. The van der Waals surface area contributed by atoms with Crippen LogP contribution in [0.4, 0.5) is 8.78 Å². The van der Waals surface area contributed by atoms with Crippen molar-refractivity contribution in [2.45, 2.75) is 39.8 Å². The van der Waals surface area contributed by atoms with Crippen molar-refractivity contribution in [1.29, 1.82) is 0 Å². The summed E-state index contributed by atoms with van der Waals surface area (Å²) in [6.07, 6.45) is 5.43. The maximum atomic E-state index is 13.8. The van der Waals surface area contributed by atoms with Crippen LogP contribution in [0.2, 0.25) is 0 Å². The van der Waals surface area contributed by atoms with Crippen LogP contribution in [0.3, 0.4) is 0 Å². The summed E-state index contributed by atoms with van der Waals surface area (Å²) in [7, 11) is 1.74. The number of pyridine rings is 1. The molecule has 0 unspecified atom stereocenters. The topological polar surface area (TPSA) is 80.1 Å². The van der Waals surface area contributed by atoms with Gasteiger partial charge in [-0.3, -0.25) is 19.3 Å². The number of halogens is 2. The Labute approximate surface area is 202 Å². The Balaban J connectivity index is 1.46. The standard InChI is InChI=1S/C26H27F2N5O2/c1-4-18-12-24(32(3)31-18)26(35)30-14-21-16(2)29-13-17-15-33(11-10-19(17)21)25(34)9-8-20-22(27)6-5-7-23(20)28/h5-9,12-13H,4,10-11,14-15H2,1-3H3,(H,30,35). The van der Waals surface area contributed by atoms with Gasteiger partial charge in [-0.25, -0.2) is 8.78 Å². The molecular formula is C26H27F2N5O2. The molecule has 0 fully saturated rings. The predicted molar refractivity (Wildman–Crippen MR) is 127 cm³/mol. The molecule has 1 aromatic carbocycles. The van der Waals surface area contributed by atoms with Gasteiger partial charge in [0.1, 0.15) is 17.3 Å². The molecule has 182 valence electrons. The zero-order chi connectivity index (χ0) is 25.1. The zero-order valence-corrected chi connectivity index (χ0v) is 19.9. The fourth-order valence-corrected chi connectivity index (χ4v) is 4.25. The molecule has 7 nitrogen and oxygen atoms in total. The molecule has 0 radical (unpaired) electrons. The van der Waals surface area contributed by atoms with Gasteiger partial charge in [0.15, 0.2) is 0 Å². The second-order valence-corrected chi connectivity index (χ2v) is 8.49. The lowest BCUT2D eigenvalue weighted by Gasteiger charge is -2.30. The average molecular weight is 480 g/mol. The van der Waals surface area contributed by atoms with Gasteiger partial charge in [0.05, 0.1) is 5.69 Å². The molecule has 1 N–H and O–H groups in total. The monoisotopic (exact) mass is 479 g/mol. The quantitative estimate of drug-likeness (QED) is 0.549. The number of aromatic nitrogens is 3.